The molecule has 112 valence electrons. The molecule has 0 aromatic heterocycles. The molecule has 0 heterocycles. The smallest absolute Gasteiger partial charge is 0.270 e. The molecule has 0 spiro atoms. The summed E-state index contributed by atoms with van der Waals surface area (Å²) in [5.74, 6) is -1.08. The first-order chi connectivity index (χ1) is 9.09. The van der Waals surface area contributed by atoms with Crippen molar-refractivity contribution in [3.8, 4) is 0 Å². The van der Waals surface area contributed by atoms with Crippen LogP contribution in [0.5, 0.6) is 0 Å². The molecule has 9 heteroatoms. The minimum absolute atomic E-state index is 0.131. The lowest BCUT2D eigenvalue weighted by Crippen LogP contribution is -2.36. The van der Waals surface area contributed by atoms with Crippen molar-refractivity contribution < 1.29 is 22.8 Å². The maximum atomic E-state index is 13.5. The zero-order valence-electron chi connectivity index (χ0n) is 11.0. The van der Waals surface area contributed by atoms with E-state index in [0.717, 1.165) is 12.1 Å². The number of hydrogen-bond acceptors (Lipinski definition) is 5. The molecule has 0 saturated heterocycles. The number of sulfonamides is 1. The van der Waals surface area contributed by atoms with Crippen LogP contribution in [-0.2, 0) is 10.0 Å². The van der Waals surface area contributed by atoms with Gasteiger partial charge in [0.15, 0.2) is 0 Å². The second-order valence-corrected chi connectivity index (χ2v) is 6.75. The molecule has 1 aromatic carbocycles. The van der Waals surface area contributed by atoms with Crippen LogP contribution in [0, 0.1) is 21.3 Å². The summed E-state index contributed by atoms with van der Waals surface area (Å²) in [4.78, 5) is 8.99. The summed E-state index contributed by atoms with van der Waals surface area (Å²) in [6, 6.07) is 2.26. The van der Waals surface area contributed by atoms with Crippen molar-refractivity contribution in [1.82, 2.24) is 4.72 Å². The summed E-state index contributed by atoms with van der Waals surface area (Å²) in [7, 11) is -4.23. The summed E-state index contributed by atoms with van der Waals surface area (Å²) in [6.07, 6.45) is 0. The first kappa shape index (κ1) is 16.5. The lowest BCUT2D eigenvalue weighted by molar-refractivity contribution is -0.385. The molecular formula is C11H15FN2O5S. The van der Waals surface area contributed by atoms with Crippen molar-refractivity contribution in [3.05, 3.63) is 34.1 Å². The fourth-order valence-corrected chi connectivity index (χ4v) is 2.57. The van der Waals surface area contributed by atoms with Crippen LogP contribution in [0.1, 0.15) is 13.8 Å². The zero-order chi connectivity index (χ0) is 15.6. The lowest BCUT2D eigenvalue weighted by atomic mass is 9.96. The van der Waals surface area contributed by atoms with Crippen molar-refractivity contribution >= 4 is 15.7 Å². The minimum Gasteiger partial charge on any atom is -0.396 e. The second-order valence-electron chi connectivity index (χ2n) is 5.02. The highest BCUT2D eigenvalue weighted by molar-refractivity contribution is 7.89. The van der Waals surface area contributed by atoms with Crippen LogP contribution in [0.2, 0.25) is 0 Å². The van der Waals surface area contributed by atoms with E-state index in [1.165, 1.54) is 0 Å². The molecule has 0 radical (unpaired) electrons. The fraction of sp³-hybridized carbons (Fsp3) is 0.455. The van der Waals surface area contributed by atoms with Gasteiger partial charge in [0.25, 0.3) is 5.69 Å². The van der Waals surface area contributed by atoms with Crippen molar-refractivity contribution in [3.63, 3.8) is 0 Å². The maximum Gasteiger partial charge on any atom is 0.270 e. The summed E-state index contributed by atoms with van der Waals surface area (Å²) < 4.78 is 39.5. The zero-order valence-corrected chi connectivity index (χ0v) is 11.8. The van der Waals surface area contributed by atoms with E-state index in [4.69, 9.17) is 5.11 Å². The largest absolute Gasteiger partial charge is 0.396 e. The van der Waals surface area contributed by atoms with Gasteiger partial charge < -0.3 is 5.11 Å². The molecule has 0 saturated carbocycles. The number of nitrogens with one attached hydrogen (secondary N) is 1. The number of benzene rings is 1. The predicted octanol–water partition coefficient (Wildman–Crippen LogP) is 1.03. The number of halogens is 1. The Morgan fingerprint density at radius 3 is 2.55 bits per heavy atom. The van der Waals surface area contributed by atoms with Crippen LogP contribution in [-0.4, -0.2) is 31.6 Å². The molecule has 0 fully saturated rings. The number of hydrogen-bond donors (Lipinski definition) is 2. The fourth-order valence-electron chi connectivity index (χ4n) is 1.24. The molecule has 0 atom stereocenters. The van der Waals surface area contributed by atoms with E-state index < -0.39 is 36.8 Å². The topological polar surface area (TPSA) is 110 Å². The van der Waals surface area contributed by atoms with E-state index in [-0.39, 0.29) is 13.2 Å². The molecule has 20 heavy (non-hydrogen) atoms. The van der Waals surface area contributed by atoms with Gasteiger partial charge in [-0.05, 0) is 6.07 Å². The van der Waals surface area contributed by atoms with Crippen molar-refractivity contribution in [2.75, 3.05) is 13.2 Å². The third-order valence-electron chi connectivity index (χ3n) is 2.58. The predicted molar refractivity (Wildman–Crippen MR) is 69.1 cm³/mol. The Hall–Kier alpha value is -1.58. The van der Waals surface area contributed by atoms with E-state index in [0.29, 0.717) is 6.07 Å². The van der Waals surface area contributed by atoms with Crippen molar-refractivity contribution in [2.45, 2.75) is 18.7 Å². The Morgan fingerprint density at radius 2 is 2.05 bits per heavy atom. The Balaban J connectivity index is 3.09. The molecule has 0 aliphatic carbocycles. The van der Waals surface area contributed by atoms with Crippen LogP contribution < -0.4 is 4.72 Å². The van der Waals surface area contributed by atoms with Gasteiger partial charge in [-0.1, -0.05) is 13.8 Å². The standard InChI is InChI=1S/C11H15FN2O5S/c1-11(2,7-15)6-13-20(18,19)10-5-8(14(16)17)3-4-9(10)12/h3-5,13,15H,6-7H2,1-2H3. The van der Waals surface area contributed by atoms with Crippen LogP contribution in [0.3, 0.4) is 0 Å². The summed E-state index contributed by atoms with van der Waals surface area (Å²) in [5, 5.41) is 19.6. The molecule has 0 bridgehead atoms. The van der Waals surface area contributed by atoms with Crippen LogP contribution in [0.15, 0.2) is 23.1 Å². The van der Waals surface area contributed by atoms with Gasteiger partial charge in [0, 0.05) is 30.7 Å². The monoisotopic (exact) mass is 306 g/mol. The van der Waals surface area contributed by atoms with Gasteiger partial charge >= 0.3 is 0 Å². The van der Waals surface area contributed by atoms with Crippen LogP contribution in [0.25, 0.3) is 0 Å². The van der Waals surface area contributed by atoms with Crippen LogP contribution in [0.4, 0.5) is 10.1 Å². The van der Waals surface area contributed by atoms with E-state index in [1.807, 2.05) is 0 Å². The minimum atomic E-state index is -4.23. The highest BCUT2D eigenvalue weighted by Gasteiger charge is 2.25. The molecule has 0 amide bonds. The number of aliphatic hydroxyl groups excluding tert-OH is 1. The number of rotatable bonds is 6. The first-order valence-electron chi connectivity index (χ1n) is 5.63. The highest BCUT2D eigenvalue weighted by atomic mass is 32.2. The van der Waals surface area contributed by atoms with Crippen molar-refractivity contribution in [1.29, 1.82) is 0 Å². The molecule has 0 unspecified atom stereocenters. The molecule has 1 aromatic rings. The molecule has 1 rings (SSSR count). The summed E-state index contributed by atoms with van der Waals surface area (Å²) in [5.41, 5.74) is -1.25. The number of non-ortho nitro benzene ring substituents is 1. The lowest BCUT2D eigenvalue weighted by Gasteiger charge is -2.21. The van der Waals surface area contributed by atoms with E-state index in [2.05, 4.69) is 4.72 Å². The van der Waals surface area contributed by atoms with Crippen molar-refractivity contribution in [2.24, 2.45) is 5.41 Å². The molecule has 2 N–H and O–H groups in total. The number of nitro benzene ring substituents is 1. The van der Waals surface area contributed by atoms with Crippen LogP contribution >= 0.6 is 0 Å². The Bertz CT molecular complexity index is 615. The third-order valence-corrected chi connectivity index (χ3v) is 4.00. The van der Waals surface area contributed by atoms with Gasteiger partial charge in [0.1, 0.15) is 10.7 Å². The molecule has 0 aliphatic rings. The van der Waals surface area contributed by atoms with Gasteiger partial charge in [-0.3, -0.25) is 10.1 Å². The average Bonchev–Trinajstić information content (AvgIpc) is 2.37. The van der Waals surface area contributed by atoms with Gasteiger partial charge in [0.2, 0.25) is 10.0 Å². The Morgan fingerprint density at radius 1 is 1.45 bits per heavy atom. The Labute approximate surface area is 115 Å². The quantitative estimate of drug-likeness (QED) is 0.602. The number of nitro groups is 1. The number of aliphatic hydroxyl groups is 1. The van der Waals surface area contributed by atoms with Gasteiger partial charge in [0.05, 0.1) is 4.92 Å². The van der Waals surface area contributed by atoms with E-state index >= 15 is 0 Å². The Kier molecular flexibility index (Phi) is 4.79. The SMILES string of the molecule is CC(C)(CO)CNS(=O)(=O)c1cc([N+](=O)[O-])ccc1F. The van der Waals surface area contributed by atoms with E-state index in [1.54, 1.807) is 13.8 Å². The normalized spacial score (nSPS) is 12.4. The summed E-state index contributed by atoms with van der Waals surface area (Å²) in [6.45, 7) is 2.82. The van der Waals surface area contributed by atoms with E-state index in [9.17, 15) is 22.9 Å². The summed E-state index contributed by atoms with van der Waals surface area (Å²) >= 11 is 0. The first-order valence-corrected chi connectivity index (χ1v) is 7.12. The number of nitrogens with zero attached hydrogens (tertiary/aromatic N) is 1. The molecule has 0 aliphatic heterocycles. The maximum absolute atomic E-state index is 13.5. The van der Waals surface area contributed by atoms with Gasteiger partial charge in [-0.2, -0.15) is 0 Å². The molecular weight excluding hydrogens is 291 g/mol. The average molecular weight is 306 g/mol. The molecule has 7 nitrogen and oxygen atoms in total. The second kappa shape index (κ2) is 5.81. The highest BCUT2D eigenvalue weighted by Crippen LogP contribution is 2.22. The van der Waals surface area contributed by atoms with Gasteiger partial charge in [-0.25, -0.2) is 17.5 Å². The van der Waals surface area contributed by atoms with Gasteiger partial charge in [-0.15, -0.1) is 0 Å². The third kappa shape index (κ3) is 3.95.